The van der Waals surface area contributed by atoms with E-state index in [4.69, 9.17) is 13.9 Å². The third-order valence-corrected chi connectivity index (χ3v) is 5.99. The number of esters is 1. The van der Waals surface area contributed by atoms with Gasteiger partial charge < -0.3 is 23.9 Å². The van der Waals surface area contributed by atoms with Crippen LogP contribution in [0.4, 0.5) is 4.79 Å². The normalized spacial score (nSPS) is 14.2. The first-order valence-electron chi connectivity index (χ1n) is 11.0. The molecule has 186 valence electrons. The number of methoxy groups -OCH3 is 1. The van der Waals surface area contributed by atoms with E-state index in [1.54, 1.807) is 12.1 Å². The van der Waals surface area contributed by atoms with Gasteiger partial charge >= 0.3 is 12.0 Å². The van der Waals surface area contributed by atoms with Gasteiger partial charge in [-0.3, -0.25) is 9.69 Å². The minimum Gasteiger partial charge on any atom is -0.490 e. The summed E-state index contributed by atoms with van der Waals surface area (Å²) in [6.45, 7) is 2.55. The minimum absolute atomic E-state index is 0.0112. The lowest BCUT2D eigenvalue weighted by molar-refractivity contribution is -0.123. The fraction of sp³-hybridized carbons (Fsp3) is 0.192. The Bertz CT molecular complexity index is 1320. The first kappa shape index (κ1) is 25.3. The highest BCUT2D eigenvalue weighted by Crippen LogP contribution is 2.35. The number of imide groups is 1. The molecule has 0 unspecified atom stereocenters. The van der Waals surface area contributed by atoms with Crippen LogP contribution in [0.25, 0.3) is 6.08 Å². The van der Waals surface area contributed by atoms with Crippen LogP contribution in [0.1, 0.15) is 34.4 Å². The number of carbonyl (C=O) groups excluding carboxylic acids is 3. The number of amides is 3. The molecule has 1 aromatic heterocycles. The first-order chi connectivity index (χ1) is 17.4. The van der Waals surface area contributed by atoms with Gasteiger partial charge in [0, 0.05) is 0 Å². The molecule has 10 heteroatoms. The van der Waals surface area contributed by atoms with E-state index in [-0.39, 0.29) is 23.8 Å². The molecule has 9 nitrogen and oxygen atoms in total. The van der Waals surface area contributed by atoms with Crippen LogP contribution in [0, 0.1) is 3.57 Å². The summed E-state index contributed by atoms with van der Waals surface area (Å²) >= 11 is 2.15. The molecule has 3 aromatic rings. The zero-order chi connectivity index (χ0) is 25.7. The van der Waals surface area contributed by atoms with Crippen LogP contribution < -0.4 is 14.8 Å². The van der Waals surface area contributed by atoms with Crippen molar-refractivity contribution in [2.45, 2.75) is 20.1 Å². The van der Waals surface area contributed by atoms with Crippen LogP contribution in [0.15, 0.2) is 64.7 Å². The van der Waals surface area contributed by atoms with Crippen molar-refractivity contribution in [1.29, 1.82) is 0 Å². The number of rotatable bonds is 9. The Morgan fingerprint density at radius 3 is 2.61 bits per heavy atom. The van der Waals surface area contributed by atoms with E-state index >= 15 is 0 Å². The van der Waals surface area contributed by atoms with Crippen molar-refractivity contribution in [3.05, 3.63) is 86.5 Å². The molecule has 1 N–H and O–H groups in total. The second-order valence-electron chi connectivity index (χ2n) is 7.67. The highest BCUT2D eigenvalue weighted by atomic mass is 127. The summed E-state index contributed by atoms with van der Waals surface area (Å²) in [6, 6.07) is 15.7. The predicted molar refractivity (Wildman–Crippen MR) is 138 cm³/mol. The average molecular weight is 602 g/mol. The zero-order valence-electron chi connectivity index (χ0n) is 19.6. The van der Waals surface area contributed by atoms with Crippen LogP contribution in [-0.4, -0.2) is 36.5 Å². The lowest BCUT2D eigenvalue weighted by Gasteiger charge is -2.15. The SMILES string of the molecule is CCOc1cc(/C=C2\NC(=O)N(Cc3ccc(C(=O)OC)o3)C2=O)cc(I)c1OCc1ccccc1. The molecule has 2 heterocycles. The maximum atomic E-state index is 12.9. The smallest absolute Gasteiger partial charge is 0.373 e. The molecule has 1 fully saturated rings. The molecule has 1 saturated heterocycles. The number of carbonyl (C=O) groups is 3. The molecule has 0 bridgehead atoms. The molecule has 0 saturated carbocycles. The number of urea groups is 1. The third kappa shape index (κ3) is 5.70. The van der Waals surface area contributed by atoms with Crippen molar-refractivity contribution in [3.8, 4) is 11.5 Å². The molecular weight excluding hydrogens is 579 g/mol. The molecule has 0 aliphatic carbocycles. The Balaban J connectivity index is 1.53. The van der Waals surface area contributed by atoms with Gasteiger partial charge in [-0.25, -0.2) is 9.59 Å². The van der Waals surface area contributed by atoms with Crippen LogP contribution in [-0.2, 0) is 22.7 Å². The largest absolute Gasteiger partial charge is 0.490 e. The van der Waals surface area contributed by atoms with E-state index in [1.807, 2.05) is 43.3 Å². The van der Waals surface area contributed by atoms with Gasteiger partial charge in [-0.1, -0.05) is 30.3 Å². The van der Waals surface area contributed by atoms with Crippen molar-refractivity contribution in [1.82, 2.24) is 10.2 Å². The van der Waals surface area contributed by atoms with Crippen LogP contribution >= 0.6 is 22.6 Å². The summed E-state index contributed by atoms with van der Waals surface area (Å²) in [5.74, 6) is 0.234. The van der Waals surface area contributed by atoms with Crippen molar-refractivity contribution >= 4 is 46.6 Å². The van der Waals surface area contributed by atoms with Gasteiger partial charge in [0.25, 0.3) is 5.91 Å². The van der Waals surface area contributed by atoms with Crippen LogP contribution in [0.3, 0.4) is 0 Å². The Morgan fingerprint density at radius 2 is 1.89 bits per heavy atom. The first-order valence-corrected chi connectivity index (χ1v) is 12.1. The number of hydrogen-bond acceptors (Lipinski definition) is 7. The molecule has 0 radical (unpaired) electrons. The Morgan fingerprint density at radius 1 is 1.11 bits per heavy atom. The number of ether oxygens (including phenoxy) is 3. The average Bonchev–Trinajstić information content (AvgIpc) is 3.44. The molecule has 4 rings (SSSR count). The quantitative estimate of drug-likeness (QED) is 0.163. The predicted octanol–water partition coefficient (Wildman–Crippen LogP) is 4.74. The van der Waals surface area contributed by atoms with Crippen molar-refractivity contribution in [2.24, 2.45) is 0 Å². The van der Waals surface area contributed by atoms with Gasteiger partial charge in [-0.2, -0.15) is 0 Å². The number of furan rings is 1. The van der Waals surface area contributed by atoms with Crippen molar-refractivity contribution < 1.29 is 33.0 Å². The molecule has 1 aliphatic rings. The Hall–Kier alpha value is -3.80. The molecule has 0 spiro atoms. The fourth-order valence-corrected chi connectivity index (χ4v) is 4.30. The standard InChI is InChI=1S/C26H23IN2O7/c1-3-34-22-13-17(11-19(27)23(22)35-15-16-7-5-4-6-8-16)12-20-24(30)29(26(32)28-20)14-18-9-10-21(36-18)25(31)33-2/h4-13H,3,14-15H2,1-2H3,(H,28,32)/b20-12-. The molecule has 0 atom stereocenters. The summed E-state index contributed by atoms with van der Waals surface area (Å²) in [5.41, 5.74) is 1.79. The summed E-state index contributed by atoms with van der Waals surface area (Å²) in [6.07, 6.45) is 1.58. The maximum Gasteiger partial charge on any atom is 0.373 e. The molecular formula is C26H23IN2O7. The van der Waals surface area contributed by atoms with E-state index in [0.29, 0.717) is 30.3 Å². The van der Waals surface area contributed by atoms with E-state index in [2.05, 4.69) is 32.6 Å². The summed E-state index contributed by atoms with van der Waals surface area (Å²) in [5, 5.41) is 2.59. The van der Waals surface area contributed by atoms with Crippen molar-refractivity contribution in [2.75, 3.05) is 13.7 Å². The third-order valence-electron chi connectivity index (χ3n) is 5.19. The van der Waals surface area contributed by atoms with Gasteiger partial charge in [0.05, 0.1) is 23.8 Å². The number of benzene rings is 2. The van der Waals surface area contributed by atoms with E-state index in [1.165, 1.54) is 19.2 Å². The monoisotopic (exact) mass is 602 g/mol. The Kier molecular flexibility index (Phi) is 7.93. The highest BCUT2D eigenvalue weighted by Gasteiger charge is 2.34. The van der Waals surface area contributed by atoms with Gasteiger partial charge in [-0.15, -0.1) is 0 Å². The van der Waals surface area contributed by atoms with Crippen LogP contribution in [0.5, 0.6) is 11.5 Å². The maximum absolute atomic E-state index is 12.9. The summed E-state index contributed by atoms with van der Waals surface area (Å²) in [4.78, 5) is 38.0. The van der Waals surface area contributed by atoms with E-state index in [0.717, 1.165) is 14.0 Å². The minimum atomic E-state index is -0.644. The highest BCUT2D eigenvalue weighted by molar-refractivity contribution is 14.1. The Labute approximate surface area is 221 Å². The number of halogens is 1. The summed E-state index contributed by atoms with van der Waals surface area (Å²) in [7, 11) is 1.24. The van der Waals surface area contributed by atoms with Gasteiger partial charge in [0.2, 0.25) is 5.76 Å². The number of hydrogen-bond donors (Lipinski definition) is 1. The second kappa shape index (κ2) is 11.3. The molecule has 2 aromatic carbocycles. The van der Waals surface area contributed by atoms with Gasteiger partial charge in [0.1, 0.15) is 18.1 Å². The fourth-order valence-electron chi connectivity index (χ4n) is 3.51. The zero-order valence-corrected chi connectivity index (χ0v) is 21.7. The second-order valence-corrected chi connectivity index (χ2v) is 8.84. The molecule has 36 heavy (non-hydrogen) atoms. The summed E-state index contributed by atoms with van der Waals surface area (Å²) < 4.78 is 22.6. The number of nitrogens with one attached hydrogen (secondary N) is 1. The van der Waals surface area contributed by atoms with E-state index < -0.39 is 17.9 Å². The van der Waals surface area contributed by atoms with E-state index in [9.17, 15) is 14.4 Å². The lowest BCUT2D eigenvalue weighted by Crippen LogP contribution is -2.30. The van der Waals surface area contributed by atoms with Crippen molar-refractivity contribution in [3.63, 3.8) is 0 Å². The molecule has 3 amide bonds. The lowest BCUT2D eigenvalue weighted by atomic mass is 10.1. The van der Waals surface area contributed by atoms with Gasteiger partial charge in [-0.05, 0) is 71.0 Å². The number of nitrogens with zero attached hydrogens (tertiary/aromatic N) is 1. The molecule has 1 aliphatic heterocycles. The van der Waals surface area contributed by atoms with Crippen LogP contribution in [0.2, 0.25) is 0 Å². The van der Waals surface area contributed by atoms with Gasteiger partial charge in [0.15, 0.2) is 11.5 Å². The topological polar surface area (TPSA) is 107 Å².